The molecule has 0 saturated carbocycles. The Morgan fingerprint density at radius 1 is 1.14 bits per heavy atom. The number of hydrogen-bond donors (Lipinski definition) is 0. The third kappa shape index (κ3) is 2.44. The van der Waals surface area contributed by atoms with Crippen LogP contribution in [-0.4, -0.2) is 5.78 Å². The molecule has 1 heterocycles. The highest BCUT2D eigenvalue weighted by atomic mass is 35.5. The Morgan fingerprint density at radius 3 is 2.62 bits per heavy atom. The van der Waals surface area contributed by atoms with Crippen molar-refractivity contribution in [3.05, 3.63) is 70.1 Å². The lowest BCUT2D eigenvalue weighted by Crippen LogP contribution is -2.11. The standard InChI is InChI=1S/C17H10ClNOS/c18-15-7-3-1-5-11(15)13(9-19)17(20)14-10-21-16-8-4-2-6-12(14)16/h1-8,10,13H. The fraction of sp³-hybridized carbons (Fsp3) is 0.0588. The summed E-state index contributed by atoms with van der Waals surface area (Å²) in [5, 5.41) is 12.6. The highest BCUT2D eigenvalue weighted by molar-refractivity contribution is 7.17. The van der Waals surface area contributed by atoms with Crippen LogP contribution in [0.2, 0.25) is 5.02 Å². The fourth-order valence-corrected chi connectivity index (χ4v) is 3.50. The topological polar surface area (TPSA) is 40.9 Å². The summed E-state index contributed by atoms with van der Waals surface area (Å²) in [6.45, 7) is 0. The van der Waals surface area contributed by atoms with Crippen LogP contribution in [0.15, 0.2) is 53.9 Å². The van der Waals surface area contributed by atoms with Crippen molar-refractivity contribution in [2.75, 3.05) is 0 Å². The first-order valence-corrected chi connectivity index (χ1v) is 7.62. The van der Waals surface area contributed by atoms with E-state index in [-0.39, 0.29) is 5.78 Å². The molecule has 0 radical (unpaired) electrons. The molecule has 3 aromatic rings. The zero-order valence-corrected chi connectivity index (χ0v) is 12.5. The average Bonchev–Trinajstić information content (AvgIpc) is 2.93. The predicted molar refractivity (Wildman–Crippen MR) is 86.0 cm³/mol. The second kappa shape index (κ2) is 5.69. The number of halogens is 1. The van der Waals surface area contributed by atoms with Gasteiger partial charge in [0.2, 0.25) is 0 Å². The van der Waals surface area contributed by atoms with Crippen molar-refractivity contribution in [1.29, 1.82) is 5.26 Å². The molecule has 0 aliphatic carbocycles. The zero-order valence-electron chi connectivity index (χ0n) is 10.9. The summed E-state index contributed by atoms with van der Waals surface area (Å²) in [7, 11) is 0. The van der Waals surface area contributed by atoms with Crippen LogP contribution in [0.5, 0.6) is 0 Å². The van der Waals surface area contributed by atoms with Gasteiger partial charge >= 0.3 is 0 Å². The zero-order chi connectivity index (χ0) is 14.8. The van der Waals surface area contributed by atoms with Gasteiger partial charge in [0.15, 0.2) is 5.78 Å². The summed E-state index contributed by atoms with van der Waals surface area (Å²) >= 11 is 7.63. The summed E-state index contributed by atoms with van der Waals surface area (Å²) in [4.78, 5) is 12.7. The Labute approximate surface area is 131 Å². The van der Waals surface area contributed by atoms with Gasteiger partial charge in [-0.1, -0.05) is 48.0 Å². The number of fused-ring (bicyclic) bond motifs is 1. The Balaban J connectivity index is 2.08. The molecule has 0 aliphatic heterocycles. The summed E-state index contributed by atoms with van der Waals surface area (Å²) in [6, 6.07) is 16.8. The number of carbonyl (C=O) groups is 1. The van der Waals surface area contributed by atoms with E-state index in [1.165, 1.54) is 11.3 Å². The molecule has 0 fully saturated rings. The van der Waals surface area contributed by atoms with E-state index >= 15 is 0 Å². The van der Waals surface area contributed by atoms with Crippen LogP contribution in [0.1, 0.15) is 21.8 Å². The highest BCUT2D eigenvalue weighted by Crippen LogP contribution is 2.32. The van der Waals surface area contributed by atoms with Crippen LogP contribution in [0.4, 0.5) is 0 Å². The van der Waals surface area contributed by atoms with Crippen molar-refractivity contribution >= 4 is 38.8 Å². The van der Waals surface area contributed by atoms with E-state index in [4.69, 9.17) is 11.6 Å². The second-order valence-corrected chi connectivity index (χ2v) is 5.91. The summed E-state index contributed by atoms with van der Waals surface area (Å²) < 4.78 is 1.04. The summed E-state index contributed by atoms with van der Waals surface area (Å²) in [5.74, 6) is -1.08. The van der Waals surface area contributed by atoms with E-state index in [0.717, 1.165) is 10.1 Å². The number of carbonyl (C=O) groups excluding carboxylic acids is 1. The Kier molecular flexibility index (Phi) is 3.74. The maximum atomic E-state index is 12.7. The van der Waals surface area contributed by atoms with Crippen LogP contribution in [-0.2, 0) is 0 Å². The third-order valence-corrected chi connectivity index (χ3v) is 4.66. The monoisotopic (exact) mass is 311 g/mol. The quantitative estimate of drug-likeness (QED) is 0.635. The number of Topliss-reactive ketones (excluding diaryl/α,β-unsaturated/α-hetero) is 1. The van der Waals surface area contributed by atoms with Crippen LogP contribution >= 0.6 is 22.9 Å². The number of rotatable bonds is 3. The summed E-state index contributed by atoms with van der Waals surface area (Å²) in [5.41, 5.74) is 1.14. The molecule has 1 atom stereocenters. The van der Waals surface area contributed by atoms with Crippen LogP contribution < -0.4 is 0 Å². The van der Waals surface area contributed by atoms with Crippen molar-refractivity contribution in [3.8, 4) is 6.07 Å². The van der Waals surface area contributed by atoms with E-state index < -0.39 is 5.92 Å². The minimum absolute atomic E-state index is 0.206. The number of nitriles is 1. The van der Waals surface area contributed by atoms with Crippen LogP contribution in [0.3, 0.4) is 0 Å². The molecule has 102 valence electrons. The molecule has 0 bridgehead atoms. The molecule has 3 rings (SSSR count). The number of benzene rings is 2. The molecule has 1 aromatic heterocycles. The van der Waals surface area contributed by atoms with E-state index in [0.29, 0.717) is 16.1 Å². The first-order chi connectivity index (χ1) is 10.2. The predicted octanol–water partition coefficient (Wildman–Crippen LogP) is 5.04. The fourth-order valence-electron chi connectivity index (χ4n) is 2.30. The van der Waals surface area contributed by atoms with Crippen molar-refractivity contribution in [3.63, 3.8) is 0 Å². The molecule has 2 nitrogen and oxygen atoms in total. The van der Waals surface area contributed by atoms with Crippen LogP contribution in [0.25, 0.3) is 10.1 Å². The van der Waals surface area contributed by atoms with Crippen molar-refractivity contribution in [1.82, 2.24) is 0 Å². The minimum Gasteiger partial charge on any atom is -0.292 e. The van der Waals surface area contributed by atoms with Gasteiger partial charge in [-0.3, -0.25) is 4.79 Å². The molecule has 0 aliphatic rings. The lowest BCUT2D eigenvalue weighted by molar-refractivity contribution is 0.0981. The number of ketones is 1. The molecular formula is C17H10ClNOS. The van der Waals surface area contributed by atoms with Gasteiger partial charge < -0.3 is 0 Å². The largest absolute Gasteiger partial charge is 0.292 e. The maximum Gasteiger partial charge on any atom is 0.185 e. The van der Waals surface area contributed by atoms with Gasteiger partial charge in [-0.15, -0.1) is 11.3 Å². The van der Waals surface area contributed by atoms with Gasteiger partial charge in [0.1, 0.15) is 5.92 Å². The molecule has 0 saturated heterocycles. The van der Waals surface area contributed by atoms with E-state index in [2.05, 4.69) is 6.07 Å². The van der Waals surface area contributed by atoms with Gasteiger partial charge in [-0.05, 0) is 17.7 Å². The molecule has 0 N–H and O–H groups in total. The average molecular weight is 312 g/mol. The molecule has 21 heavy (non-hydrogen) atoms. The molecule has 0 amide bonds. The third-order valence-electron chi connectivity index (χ3n) is 3.35. The van der Waals surface area contributed by atoms with Crippen molar-refractivity contribution < 1.29 is 4.79 Å². The maximum absolute atomic E-state index is 12.7. The Bertz CT molecular complexity index is 862. The van der Waals surface area contributed by atoms with Gasteiger partial charge in [-0.25, -0.2) is 0 Å². The van der Waals surface area contributed by atoms with Gasteiger partial charge in [0.05, 0.1) is 6.07 Å². The van der Waals surface area contributed by atoms with Crippen molar-refractivity contribution in [2.45, 2.75) is 5.92 Å². The van der Waals surface area contributed by atoms with Crippen molar-refractivity contribution in [2.24, 2.45) is 0 Å². The Morgan fingerprint density at radius 2 is 1.86 bits per heavy atom. The second-order valence-electron chi connectivity index (χ2n) is 4.59. The number of hydrogen-bond acceptors (Lipinski definition) is 3. The smallest absolute Gasteiger partial charge is 0.185 e. The first kappa shape index (κ1) is 13.8. The lowest BCUT2D eigenvalue weighted by atomic mass is 9.91. The Hall–Kier alpha value is -2.15. The molecular weight excluding hydrogens is 302 g/mol. The minimum atomic E-state index is -0.878. The lowest BCUT2D eigenvalue weighted by Gasteiger charge is -2.09. The summed E-state index contributed by atoms with van der Waals surface area (Å²) in [6.07, 6.45) is 0. The number of nitrogens with zero attached hydrogens (tertiary/aromatic N) is 1. The first-order valence-electron chi connectivity index (χ1n) is 6.37. The molecule has 2 aromatic carbocycles. The highest BCUT2D eigenvalue weighted by Gasteiger charge is 2.25. The molecule has 1 unspecified atom stereocenters. The van der Waals surface area contributed by atoms with E-state index in [1.54, 1.807) is 24.3 Å². The van der Waals surface area contributed by atoms with E-state index in [1.807, 2.05) is 29.6 Å². The van der Waals surface area contributed by atoms with Crippen LogP contribution in [0, 0.1) is 11.3 Å². The van der Waals surface area contributed by atoms with E-state index in [9.17, 15) is 10.1 Å². The van der Waals surface area contributed by atoms with Gasteiger partial charge in [0.25, 0.3) is 0 Å². The van der Waals surface area contributed by atoms with Gasteiger partial charge in [-0.2, -0.15) is 5.26 Å². The molecule has 0 spiro atoms. The molecule has 4 heteroatoms. The number of thiophene rings is 1. The van der Waals surface area contributed by atoms with Gasteiger partial charge in [0, 0.05) is 26.1 Å². The SMILES string of the molecule is N#CC(C(=O)c1csc2ccccc12)c1ccccc1Cl. The normalized spacial score (nSPS) is 12.0.